The van der Waals surface area contributed by atoms with Crippen LogP contribution in [-0.4, -0.2) is 32.8 Å². The van der Waals surface area contributed by atoms with Crippen LogP contribution < -0.4 is 16.0 Å². The van der Waals surface area contributed by atoms with E-state index in [1.54, 1.807) is 0 Å². The predicted octanol–water partition coefficient (Wildman–Crippen LogP) is 5.32. The van der Waals surface area contributed by atoms with E-state index in [1.807, 2.05) is 24.3 Å². The molecule has 0 saturated carbocycles. The van der Waals surface area contributed by atoms with E-state index >= 15 is 0 Å². The van der Waals surface area contributed by atoms with Crippen molar-refractivity contribution in [3.05, 3.63) is 57.5 Å². The van der Waals surface area contributed by atoms with Gasteiger partial charge in [0.25, 0.3) is 0 Å². The monoisotopic (exact) mass is 502 g/mol. The van der Waals surface area contributed by atoms with Crippen molar-refractivity contribution in [3.8, 4) is 5.75 Å². The maximum absolute atomic E-state index is 12.6. The highest BCUT2D eigenvalue weighted by molar-refractivity contribution is 9.10. The van der Waals surface area contributed by atoms with Gasteiger partial charge in [0.2, 0.25) is 17.8 Å². The minimum atomic E-state index is -4.45. The number of halogens is 5. The van der Waals surface area contributed by atoms with Crippen molar-refractivity contribution in [2.75, 3.05) is 22.5 Å². The van der Waals surface area contributed by atoms with Gasteiger partial charge in [0.1, 0.15) is 12.3 Å². The number of alkyl halides is 3. The molecule has 0 radical (unpaired) electrons. The highest BCUT2D eigenvalue weighted by atomic mass is 79.9. The normalized spacial score (nSPS) is 11.2. The molecule has 0 unspecified atom stereocenters. The first-order valence-corrected chi connectivity index (χ1v) is 9.65. The van der Waals surface area contributed by atoms with Crippen molar-refractivity contribution in [3.63, 3.8) is 0 Å². The fraction of sp³-hybridized carbons (Fsp3) is 0.167. The molecule has 2 aromatic carbocycles. The third-order valence-corrected chi connectivity index (χ3v) is 4.36. The van der Waals surface area contributed by atoms with Crippen LogP contribution in [0.2, 0.25) is 5.02 Å². The number of phenolic OH excluding ortho intramolecular Hbond substituents is 1. The van der Waals surface area contributed by atoms with E-state index in [9.17, 15) is 18.3 Å². The lowest BCUT2D eigenvalue weighted by molar-refractivity contribution is -0.115. The Balaban J connectivity index is 1.84. The van der Waals surface area contributed by atoms with Gasteiger partial charge in [-0.1, -0.05) is 39.7 Å². The molecule has 4 N–H and O–H groups in total. The van der Waals surface area contributed by atoms with Gasteiger partial charge in [-0.2, -0.15) is 28.1 Å². The number of rotatable bonds is 7. The van der Waals surface area contributed by atoms with Crippen molar-refractivity contribution in [1.29, 1.82) is 0 Å². The van der Waals surface area contributed by atoms with E-state index in [-0.39, 0.29) is 29.3 Å². The highest BCUT2D eigenvalue weighted by Gasteiger charge is 2.27. The van der Waals surface area contributed by atoms with E-state index < -0.39 is 12.7 Å². The van der Waals surface area contributed by atoms with Crippen LogP contribution in [0.5, 0.6) is 5.75 Å². The second kappa shape index (κ2) is 9.35. The topological polar surface area (TPSA) is 95.0 Å². The molecule has 0 atom stereocenters. The Morgan fingerprint density at radius 3 is 2.37 bits per heavy atom. The average molecular weight is 504 g/mol. The van der Waals surface area contributed by atoms with E-state index in [4.69, 9.17) is 11.6 Å². The molecule has 30 heavy (non-hydrogen) atoms. The molecule has 0 saturated heterocycles. The smallest absolute Gasteiger partial charge is 0.405 e. The van der Waals surface area contributed by atoms with Gasteiger partial charge in [-0.15, -0.1) is 0 Å². The molecule has 0 aliphatic heterocycles. The minimum absolute atomic E-state index is 0.0404. The summed E-state index contributed by atoms with van der Waals surface area (Å²) in [5.41, 5.74) is 1.09. The first kappa shape index (κ1) is 21.9. The standard InChI is InChI=1S/C18H15BrClF3N6O/c19-11-3-1-2-10(6-11)8-24-15-27-16(25-9-18(21,22)23)29-17(28-15)26-13-7-12(20)4-5-14(13)30/h1-7,30H,8-9H2,(H3,24,25,26,27,28,29). The van der Waals surface area contributed by atoms with Crippen LogP contribution in [-0.2, 0) is 6.54 Å². The largest absolute Gasteiger partial charge is 0.506 e. The quantitative estimate of drug-likeness (QED) is 0.324. The maximum Gasteiger partial charge on any atom is 0.405 e. The van der Waals surface area contributed by atoms with Crippen LogP contribution >= 0.6 is 27.5 Å². The number of nitrogens with one attached hydrogen (secondary N) is 3. The third kappa shape index (κ3) is 6.63. The number of nitrogens with zero attached hydrogens (tertiary/aromatic N) is 3. The Bertz CT molecular complexity index is 1040. The van der Waals surface area contributed by atoms with Gasteiger partial charge < -0.3 is 21.1 Å². The number of phenols is 1. The second-order valence-corrected chi connectivity index (χ2v) is 7.40. The molecule has 0 aliphatic rings. The SMILES string of the molecule is Oc1ccc(Cl)cc1Nc1nc(NCc2cccc(Br)c2)nc(NCC(F)(F)F)n1. The summed E-state index contributed by atoms with van der Waals surface area (Å²) in [5, 5.41) is 18.1. The zero-order valence-electron chi connectivity index (χ0n) is 15.1. The van der Waals surface area contributed by atoms with E-state index in [0.717, 1.165) is 10.0 Å². The molecule has 1 aromatic heterocycles. The number of hydrogen-bond acceptors (Lipinski definition) is 7. The Kier molecular flexibility index (Phi) is 6.83. The lowest BCUT2D eigenvalue weighted by Gasteiger charge is -2.13. The van der Waals surface area contributed by atoms with Crippen LogP contribution in [0.4, 0.5) is 36.7 Å². The predicted molar refractivity (Wildman–Crippen MR) is 112 cm³/mol. The molecule has 0 fully saturated rings. The van der Waals surface area contributed by atoms with Gasteiger partial charge in [-0.3, -0.25) is 0 Å². The van der Waals surface area contributed by atoms with Crippen molar-refractivity contribution in [2.24, 2.45) is 0 Å². The summed E-state index contributed by atoms with van der Waals surface area (Å²) in [7, 11) is 0. The van der Waals surface area contributed by atoms with Crippen LogP contribution in [0.25, 0.3) is 0 Å². The second-order valence-electron chi connectivity index (χ2n) is 6.04. The van der Waals surface area contributed by atoms with Gasteiger partial charge in [0, 0.05) is 16.0 Å². The van der Waals surface area contributed by atoms with E-state index in [2.05, 4.69) is 46.8 Å². The zero-order valence-corrected chi connectivity index (χ0v) is 17.5. The molecular formula is C18H15BrClF3N6O. The van der Waals surface area contributed by atoms with Crippen molar-refractivity contribution in [2.45, 2.75) is 12.7 Å². The summed E-state index contributed by atoms with van der Waals surface area (Å²) in [6.45, 7) is -0.992. The molecule has 0 amide bonds. The van der Waals surface area contributed by atoms with Crippen LogP contribution in [0.15, 0.2) is 46.9 Å². The molecule has 7 nitrogen and oxygen atoms in total. The first-order chi connectivity index (χ1) is 14.2. The third-order valence-electron chi connectivity index (χ3n) is 3.63. The number of benzene rings is 2. The molecule has 158 valence electrons. The maximum atomic E-state index is 12.6. The van der Waals surface area contributed by atoms with Gasteiger partial charge in [-0.25, -0.2) is 0 Å². The average Bonchev–Trinajstić information content (AvgIpc) is 2.67. The molecular weight excluding hydrogens is 489 g/mol. The molecule has 12 heteroatoms. The lowest BCUT2D eigenvalue weighted by Crippen LogP contribution is -2.23. The summed E-state index contributed by atoms with van der Waals surface area (Å²) in [4.78, 5) is 12.0. The molecule has 0 aliphatic carbocycles. The number of hydrogen-bond donors (Lipinski definition) is 4. The minimum Gasteiger partial charge on any atom is -0.506 e. The molecule has 3 aromatic rings. The van der Waals surface area contributed by atoms with Gasteiger partial charge in [-0.05, 0) is 35.9 Å². The van der Waals surface area contributed by atoms with Gasteiger partial charge >= 0.3 is 6.18 Å². The Labute approximate surface area is 182 Å². The summed E-state index contributed by atoms with van der Waals surface area (Å²) >= 11 is 9.29. The number of aromatic hydroxyl groups is 1. The Morgan fingerprint density at radius 2 is 1.67 bits per heavy atom. The fourth-order valence-corrected chi connectivity index (χ4v) is 2.94. The molecule has 3 rings (SSSR count). The van der Waals surface area contributed by atoms with Crippen molar-refractivity contribution >= 4 is 51.1 Å². The number of aromatic nitrogens is 3. The summed E-state index contributed by atoms with van der Waals surface area (Å²) in [6, 6.07) is 11.7. The van der Waals surface area contributed by atoms with Crippen LogP contribution in [0.3, 0.4) is 0 Å². The van der Waals surface area contributed by atoms with Gasteiger partial charge in [0.15, 0.2) is 0 Å². The van der Waals surface area contributed by atoms with Gasteiger partial charge in [0.05, 0.1) is 5.69 Å². The summed E-state index contributed by atoms with van der Waals surface area (Å²) < 4.78 is 38.6. The van der Waals surface area contributed by atoms with Crippen LogP contribution in [0.1, 0.15) is 5.56 Å². The fourth-order valence-electron chi connectivity index (χ4n) is 2.33. The summed E-state index contributed by atoms with van der Waals surface area (Å²) in [6.07, 6.45) is -4.45. The van der Waals surface area contributed by atoms with Crippen molar-refractivity contribution < 1.29 is 18.3 Å². The van der Waals surface area contributed by atoms with Crippen molar-refractivity contribution in [1.82, 2.24) is 15.0 Å². The summed E-state index contributed by atoms with van der Waals surface area (Å²) in [5.74, 6) is -0.459. The lowest BCUT2D eigenvalue weighted by atomic mass is 10.2. The highest BCUT2D eigenvalue weighted by Crippen LogP contribution is 2.29. The zero-order chi connectivity index (χ0) is 21.7. The molecule has 0 bridgehead atoms. The number of anilines is 4. The van der Waals surface area contributed by atoms with Crippen LogP contribution in [0, 0.1) is 0 Å². The van der Waals surface area contributed by atoms with E-state index in [0.29, 0.717) is 11.6 Å². The Morgan fingerprint density at radius 1 is 0.967 bits per heavy atom. The van der Waals surface area contributed by atoms with E-state index in [1.165, 1.54) is 18.2 Å². The molecule has 0 spiro atoms. The molecule has 1 heterocycles. The first-order valence-electron chi connectivity index (χ1n) is 8.48. The Hall–Kier alpha value is -2.79.